The van der Waals surface area contributed by atoms with Crippen LogP contribution in [-0.4, -0.2) is 15.8 Å². The number of nitrogen functional groups attached to an aromatic ring is 1. The third-order valence-corrected chi connectivity index (χ3v) is 4.00. The van der Waals surface area contributed by atoms with Gasteiger partial charge in [-0.1, -0.05) is 31.2 Å². The number of nitrogens with two attached hydrogens (primary N) is 1. The molecule has 20 heavy (non-hydrogen) atoms. The van der Waals surface area contributed by atoms with Crippen LogP contribution >= 0.6 is 0 Å². The van der Waals surface area contributed by atoms with Crippen LogP contribution < -0.4 is 11.1 Å². The first-order valence-corrected chi connectivity index (χ1v) is 7.35. The third-order valence-electron chi connectivity index (χ3n) is 4.00. The molecule has 106 valence electrons. The van der Waals surface area contributed by atoms with Crippen LogP contribution in [-0.2, 0) is 19.4 Å². The Balaban J connectivity index is 1.80. The fourth-order valence-electron chi connectivity index (χ4n) is 2.98. The minimum absolute atomic E-state index is 0.418. The standard InChI is InChI=1S/C16H22N4/c1-3-8-20-16(15(17)11(2)19-20)18-14-9-12-6-4-5-7-13(12)10-14/h4-7,14,18H,3,8-10,17H2,1-2H3. The monoisotopic (exact) mass is 270 g/mol. The number of hydrogen-bond acceptors (Lipinski definition) is 3. The summed E-state index contributed by atoms with van der Waals surface area (Å²) >= 11 is 0. The molecule has 3 rings (SSSR count). The molecule has 2 aromatic rings. The van der Waals surface area contributed by atoms with Gasteiger partial charge >= 0.3 is 0 Å². The Morgan fingerprint density at radius 1 is 1.30 bits per heavy atom. The van der Waals surface area contributed by atoms with Gasteiger partial charge in [0.15, 0.2) is 0 Å². The number of rotatable bonds is 4. The summed E-state index contributed by atoms with van der Waals surface area (Å²) in [4.78, 5) is 0. The van der Waals surface area contributed by atoms with Crippen LogP contribution in [0.1, 0.15) is 30.2 Å². The van der Waals surface area contributed by atoms with E-state index in [1.54, 1.807) is 0 Å². The largest absolute Gasteiger partial charge is 0.394 e. The highest BCUT2D eigenvalue weighted by Gasteiger charge is 2.23. The van der Waals surface area contributed by atoms with E-state index in [2.05, 4.69) is 41.6 Å². The SMILES string of the molecule is CCCn1nc(C)c(N)c1NC1Cc2ccccc2C1. The first-order chi connectivity index (χ1) is 9.69. The minimum atomic E-state index is 0.418. The van der Waals surface area contributed by atoms with Crippen LogP contribution in [0.3, 0.4) is 0 Å². The molecule has 0 amide bonds. The molecular weight excluding hydrogens is 248 g/mol. The van der Waals surface area contributed by atoms with Crippen molar-refractivity contribution in [2.75, 3.05) is 11.1 Å². The van der Waals surface area contributed by atoms with Crippen molar-refractivity contribution < 1.29 is 0 Å². The third kappa shape index (κ3) is 2.26. The van der Waals surface area contributed by atoms with Crippen LogP contribution in [0, 0.1) is 6.92 Å². The van der Waals surface area contributed by atoms with E-state index in [4.69, 9.17) is 5.73 Å². The lowest BCUT2D eigenvalue weighted by molar-refractivity contribution is 0.596. The van der Waals surface area contributed by atoms with Gasteiger partial charge in [-0.05, 0) is 37.3 Å². The van der Waals surface area contributed by atoms with Gasteiger partial charge in [0.25, 0.3) is 0 Å². The van der Waals surface area contributed by atoms with Crippen LogP contribution in [0.2, 0.25) is 0 Å². The van der Waals surface area contributed by atoms with Crippen molar-refractivity contribution in [2.45, 2.75) is 45.7 Å². The van der Waals surface area contributed by atoms with E-state index in [9.17, 15) is 0 Å². The molecule has 1 aliphatic carbocycles. The lowest BCUT2D eigenvalue weighted by Crippen LogP contribution is -2.22. The van der Waals surface area contributed by atoms with Gasteiger partial charge in [0, 0.05) is 12.6 Å². The van der Waals surface area contributed by atoms with Gasteiger partial charge in [-0.15, -0.1) is 0 Å². The van der Waals surface area contributed by atoms with Gasteiger partial charge in [-0.3, -0.25) is 0 Å². The molecule has 0 bridgehead atoms. The Morgan fingerprint density at radius 2 is 1.95 bits per heavy atom. The summed E-state index contributed by atoms with van der Waals surface area (Å²) in [5.41, 5.74) is 10.8. The summed E-state index contributed by atoms with van der Waals surface area (Å²) in [5.74, 6) is 0.988. The number of aromatic nitrogens is 2. The zero-order valence-corrected chi connectivity index (χ0v) is 12.2. The minimum Gasteiger partial charge on any atom is -0.394 e. The van der Waals surface area contributed by atoms with E-state index in [0.29, 0.717) is 6.04 Å². The first kappa shape index (κ1) is 13.0. The molecule has 0 saturated heterocycles. The highest BCUT2D eigenvalue weighted by Crippen LogP contribution is 2.28. The van der Waals surface area contributed by atoms with Gasteiger partial charge in [-0.2, -0.15) is 5.10 Å². The van der Waals surface area contributed by atoms with E-state index in [1.165, 1.54) is 11.1 Å². The van der Waals surface area contributed by atoms with Crippen LogP contribution in [0.25, 0.3) is 0 Å². The maximum atomic E-state index is 6.17. The second-order valence-corrected chi connectivity index (χ2v) is 5.59. The molecule has 0 radical (unpaired) electrons. The quantitative estimate of drug-likeness (QED) is 0.898. The van der Waals surface area contributed by atoms with E-state index in [0.717, 1.165) is 43.0 Å². The number of benzene rings is 1. The van der Waals surface area contributed by atoms with Gasteiger partial charge in [0.2, 0.25) is 0 Å². The fraction of sp³-hybridized carbons (Fsp3) is 0.438. The zero-order valence-electron chi connectivity index (χ0n) is 12.2. The predicted molar refractivity (Wildman–Crippen MR) is 82.9 cm³/mol. The summed E-state index contributed by atoms with van der Waals surface area (Å²) in [6.45, 7) is 5.03. The Labute approximate surface area is 120 Å². The molecule has 0 aliphatic heterocycles. The average Bonchev–Trinajstić information content (AvgIpc) is 2.96. The molecule has 0 saturated carbocycles. The molecule has 0 atom stereocenters. The van der Waals surface area contributed by atoms with E-state index < -0.39 is 0 Å². The van der Waals surface area contributed by atoms with Crippen molar-refractivity contribution in [2.24, 2.45) is 0 Å². The summed E-state index contributed by atoms with van der Waals surface area (Å²) < 4.78 is 2.01. The summed E-state index contributed by atoms with van der Waals surface area (Å²) in [6.07, 6.45) is 3.18. The number of aryl methyl sites for hydroxylation is 2. The predicted octanol–water partition coefficient (Wildman–Crippen LogP) is 2.76. The van der Waals surface area contributed by atoms with Crippen molar-refractivity contribution in [3.8, 4) is 0 Å². The Hall–Kier alpha value is -1.97. The normalized spacial score (nSPS) is 14.5. The van der Waals surface area contributed by atoms with Crippen molar-refractivity contribution in [1.29, 1.82) is 0 Å². The highest BCUT2D eigenvalue weighted by atomic mass is 15.3. The van der Waals surface area contributed by atoms with Crippen LogP contribution in [0.5, 0.6) is 0 Å². The number of fused-ring (bicyclic) bond motifs is 1. The maximum Gasteiger partial charge on any atom is 0.148 e. The van der Waals surface area contributed by atoms with Gasteiger partial charge in [0.1, 0.15) is 5.82 Å². The van der Waals surface area contributed by atoms with Crippen LogP contribution in [0.15, 0.2) is 24.3 Å². The van der Waals surface area contributed by atoms with Crippen LogP contribution in [0.4, 0.5) is 11.5 Å². The van der Waals surface area contributed by atoms with E-state index in [1.807, 2.05) is 11.6 Å². The van der Waals surface area contributed by atoms with Gasteiger partial charge in [-0.25, -0.2) is 4.68 Å². The topological polar surface area (TPSA) is 55.9 Å². The van der Waals surface area contributed by atoms with Gasteiger partial charge in [0.05, 0.1) is 11.4 Å². The van der Waals surface area contributed by atoms with Crippen molar-refractivity contribution >= 4 is 11.5 Å². The maximum absolute atomic E-state index is 6.17. The Morgan fingerprint density at radius 3 is 2.55 bits per heavy atom. The number of anilines is 2. The second kappa shape index (κ2) is 5.19. The highest BCUT2D eigenvalue weighted by molar-refractivity contribution is 5.65. The Bertz CT molecular complexity index is 590. The fourth-order valence-corrected chi connectivity index (χ4v) is 2.98. The lowest BCUT2D eigenvalue weighted by atomic mass is 10.1. The average molecular weight is 270 g/mol. The molecule has 1 aromatic heterocycles. The second-order valence-electron chi connectivity index (χ2n) is 5.59. The van der Waals surface area contributed by atoms with Crippen molar-refractivity contribution in [3.05, 3.63) is 41.1 Å². The summed E-state index contributed by atoms with van der Waals surface area (Å²) in [5, 5.41) is 8.13. The molecule has 1 heterocycles. The molecule has 1 aliphatic rings. The molecule has 0 unspecified atom stereocenters. The molecule has 1 aromatic carbocycles. The number of hydrogen-bond donors (Lipinski definition) is 2. The number of nitrogens with zero attached hydrogens (tertiary/aromatic N) is 2. The molecule has 4 heteroatoms. The van der Waals surface area contributed by atoms with Crippen molar-refractivity contribution in [1.82, 2.24) is 9.78 Å². The van der Waals surface area contributed by atoms with E-state index >= 15 is 0 Å². The molecule has 0 spiro atoms. The summed E-state index contributed by atoms with van der Waals surface area (Å²) in [6, 6.07) is 9.08. The molecule has 0 fully saturated rings. The Kier molecular flexibility index (Phi) is 3.38. The smallest absolute Gasteiger partial charge is 0.148 e. The molecule has 3 N–H and O–H groups in total. The van der Waals surface area contributed by atoms with E-state index in [-0.39, 0.29) is 0 Å². The number of nitrogens with one attached hydrogen (secondary N) is 1. The molecular formula is C16H22N4. The van der Waals surface area contributed by atoms with Gasteiger partial charge < -0.3 is 11.1 Å². The first-order valence-electron chi connectivity index (χ1n) is 7.35. The zero-order chi connectivity index (χ0) is 14.1. The summed E-state index contributed by atoms with van der Waals surface area (Å²) in [7, 11) is 0. The molecule has 4 nitrogen and oxygen atoms in total. The van der Waals surface area contributed by atoms with Crippen molar-refractivity contribution in [3.63, 3.8) is 0 Å². The lowest BCUT2D eigenvalue weighted by Gasteiger charge is -2.15.